The van der Waals surface area contributed by atoms with Crippen LogP contribution in [0.1, 0.15) is 48.6 Å². The van der Waals surface area contributed by atoms with Crippen LogP contribution in [0.25, 0.3) is 33.5 Å². The van der Waals surface area contributed by atoms with Crippen LogP contribution in [0.3, 0.4) is 0 Å². The van der Waals surface area contributed by atoms with E-state index in [1.54, 1.807) is 14.1 Å². The second-order valence-corrected chi connectivity index (χ2v) is 11.3. The van der Waals surface area contributed by atoms with E-state index < -0.39 is 0 Å². The van der Waals surface area contributed by atoms with Gasteiger partial charge in [-0.25, -0.2) is 15.1 Å². The van der Waals surface area contributed by atoms with E-state index >= 15 is 0 Å². The molecule has 0 radical (unpaired) electrons. The number of tetrazole rings is 1. The molecule has 1 aliphatic carbocycles. The fourth-order valence-electron chi connectivity index (χ4n) is 5.50. The molecule has 0 bridgehead atoms. The Kier molecular flexibility index (Phi) is 8.88. The predicted molar refractivity (Wildman–Crippen MR) is 161 cm³/mol. The summed E-state index contributed by atoms with van der Waals surface area (Å²) < 4.78 is 2.32. The molecule has 1 aliphatic heterocycles. The monoisotopic (exact) mass is 611 g/mol. The van der Waals surface area contributed by atoms with Crippen LogP contribution in [0.5, 0.6) is 0 Å². The first-order chi connectivity index (χ1) is 20.9. The first-order valence-corrected chi connectivity index (χ1v) is 14.4. The molecule has 44 heavy (non-hydrogen) atoms. The average Bonchev–Trinajstić information content (AvgIpc) is 3.60. The van der Waals surface area contributed by atoms with E-state index in [1.807, 2.05) is 30.3 Å². The van der Waals surface area contributed by atoms with Crippen LogP contribution in [0.4, 0.5) is 0 Å². The van der Waals surface area contributed by atoms with Gasteiger partial charge < -0.3 is 14.6 Å². The first kappa shape index (κ1) is 30.5. The van der Waals surface area contributed by atoms with Gasteiger partial charge in [-0.1, -0.05) is 54.6 Å². The smallest absolute Gasteiger partial charge is 0.347 e. The molecular formula is C32H30KN9O2. The van der Waals surface area contributed by atoms with Crippen LogP contribution in [0.2, 0.25) is 0 Å². The van der Waals surface area contributed by atoms with Crippen LogP contribution in [0, 0.1) is 0 Å². The Labute approximate surface area is 297 Å². The van der Waals surface area contributed by atoms with E-state index in [4.69, 9.17) is 4.98 Å². The summed E-state index contributed by atoms with van der Waals surface area (Å²) in [5.41, 5.74) is 7.86. The van der Waals surface area contributed by atoms with E-state index in [0.29, 0.717) is 31.1 Å². The van der Waals surface area contributed by atoms with Gasteiger partial charge in [0.2, 0.25) is 11.8 Å². The number of carbonyl (C=O) groups excluding carboxylic acids is 2. The SMILES string of the molecule is CN(C)C(=O)CN1N=C(c2ccc3nc(C4CC4)n(Cc4ccc(-c5ccccc5-c5nn[n-]n5)cc4)c3c2)CCC1=O.[K+]. The molecule has 0 atom stereocenters. The van der Waals surface area contributed by atoms with Gasteiger partial charge in [0.1, 0.15) is 12.4 Å². The zero-order valence-corrected chi connectivity index (χ0v) is 28.1. The van der Waals surface area contributed by atoms with Crippen LogP contribution in [-0.2, 0) is 16.1 Å². The molecule has 5 aromatic rings. The summed E-state index contributed by atoms with van der Waals surface area (Å²) in [6.07, 6.45) is 3.14. The molecule has 1 saturated carbocycles. The Bertz CT molecular complexity index is 1860. The number of amides is 2. The topological polar surface area (TPSA) is 124 Å². The fourth-order valence-corrected chi connectivity index (χ4v) is 5.50. The van der Waals surface area contributed by atoms with Crippen molar-refractivity contribution in [3.05, 3.63) is 83.7 Å². The quantitative estimate of drug-likeness (QED) is 0.239. The minimum Gasteiger partial charge on any atom is -0.347 e. The van der Waals surface area contributed by atoms with E-state index in [2.05, 4.69) is 66.7 Å². The Hall–Kier alpha value is -3.55. The van der Waals surface area contributed by atoms with Crippen LogP contribution < -0.4 is 56.6 Å². The van der Waals surface area contributed by atoms with E-state index in [1.165, 1.54) is 9.91 Å². The number of hydrazone groups is 1. The second kappa shape index (κ2) is 12.8. The van der Waals surface area contributed by atoms with Crippen molar-refractivity contribution in [3.63, 3.8) is 0 Å². The molecule has 216 valence electrons. The molecule has 2 aromatic heterocycles. The summed E-state index contributed by atoms with van der Waals surface area (Å²) in [5.74, 6) is 1.78. The summed E-state index contributed by atoms with van der Waals surface area (Å²) in [4.78, 5) is 31.3. The first-order valence-electron chi connectivity index (χ1n) is 14.4. The molecular weight excluding hydrogens is 582 g/mol. The maximum atomic E-state index is 12.5. The third-order valence-corrected chi connectivity index (χ3v) is 8.03. The van der Waals surface area contributed by atoms with Crippen LogP contribution in [0.15, 0.2) is 71.8 Å². The summed E-state index contributed by atoms with van der Waals surface area (Å²) in [7, 11) is 3.35. The van der Waals surface area contributed by atoms with Crippen LogP contribution in [-0.4, -0.2) is 73.0 Å². The molecule has 3 heterocycles. The van der Waals surface area contributed by atoms with Gasteiger partial charge >= 0.3 is 51.4 Å². The molecule has 11 nitrogen and oxygen atoms in total. The maximum absolute atomic E-state index is 12.5. The molecule has 0 spiro atoms. The molecule has 0 unspecified atom stereocenters. The van der Waals surface area contributed by atoms with Crippen molar-refractivity contribution >= 4 is 28.6 Å². The molecule has 1 fully saturated rings. The van der Waals surface area contributed by atoms with E-state index in [-0.39, 0.29) is 69.7 Å². The van der Waals surface area contributed by atoms with Gasteiger partial charge in [0.15, 0.2) is 0 Å². The summed E-state index contributed by atoms with van der Waals surface area (Å²) in [5, 5.41) is 21.3. The maximum Gasteiger partial charge on any atom is 1.00 e. The summed E-state index contributed by atoms with van der Waals surface area (Å²) >= 11 is 0. The molecule has 0 saturated heterocycles. The minimum atomic E-state index is -0.163. The summed E-state index contributed by atoms with van der Waals surface area (Å²) in [6.45, 7) is 0.622. The normalized spacial score (nSPS) is 14.8. The number of benzene rings is 3. The van der Waals surface area contributed by atoms with Crippen molar-refractivity contribution in [1.29, 1.82) is 0 Å². The van der Waals surface area contributed by atoms with Crippen molar-refractivity contribution in [2.75, 3.05) is 20.6 Å². The van der Waals surface area contributed by atoms with Crippen molar-refractivity contribution < 1.29 is 61.0 Å². The molecule has 3 aromatic carbocycles. The number of rotatable bonds is 8. The Morgan fingerprint density at radius 2 is 1.73 bits per heavy atom. The number of likely N-dealkylation sites (N-methyl/N-ethyl adjacent to an activating group) is 1. The third kappa shape index (κ3) is 6.17. The van der Waals surface area contributed by atoms with Crippen molar-refractivity contribution in [3.8, 4) is 22.5 Å². The number of hydrogen-bond acceptors (Lipinski definition) is 7. The summed E-state index contributed by atoms with van der Waals surface area (Å²) in [6, 6.07) is 22.7. The van der Waals surface area contributed by atoms with Gasteiger partial charge in [-0.05, 0) is 47.2 Å². The van der Waals surface area contributed by atoms with Crippen molar-refractivity contribution in [1.82, 2.24) is 40.1 Å². The Morgan fingerprint density at radius 1 is 0.977 bits per heavy atom. The van der Waals surface area contributed by atoms with Gasteiger partial charge in [0.05, 0.1) is 22.6 Å². The third-order valence-electron chi connectivity index (χ3n) is 8.03. The zero-order valence-electron chi connectivity index (χ0n) is 25.0. The number of carbonyl (C=O) groups is 2. The molecule has 2 amide bonds. The Balaban J connectivity index is 0.00000343. The average molecular weight is 612 g/mol. The molecule has 2 aliphatic rings. The second-order valence-electron chi connectivity index (χ2n) is 11.3. The van der Waals surface area contributed by atoms with Gasteiger partial charge in [-0.2, -0.15) is 5.10 Å². The van der Waals surface area contributed by atoms with Crippen molar-refractivity contribution in [2.24, 2.45) is 5.10 Å². The van der Waals surface area contributed by atoms with Gasteiger partial charge in [0.25, 0.3) is 0 Å². The molecule has 0 N–H and O–H groups in total. The standard InChI is InChI=1S/C32H30N9O2.K/c1-39(2)30(43)19-41-29(42)16-15-26(36-41)23-13-14-27-28(17-23)40(32(33-27)22-11-12-22)18-20-7-9-21(10-8-20)24-5-3-4-6-25(24)31-34-37-38-35-31;/h3-10,13-14,17,22H,11-12,15-16,18-19H2,1-2H3;/q-1;+1. The number of aromatic nitrogens is 6. The van der Waals surface area contributed by atoms with Gasteiger partial charge in [-0.15, -0.1) is 0 Å². The van der Waals surface area contributed by atoms with Gasteiger partial charge in [0, 0.05) is 45.0 Å². The molecule has 12 heteroatoms. The molecule has 7 rings (SSSR count). The van der Waals surface area contributed by atoms with E-state index in [0.717, 1.165) is 63.2 Å². The Morgan fingerprint density at radius 3 is 2.43 bits per heavy atom. The number of hydrogen-bond donors (Lipinski definition) is 0. The minimum absolute atomic E-state index is 0. The number of nitrogens with zero attached hydrogens (tertiary/aromatic N) is 9. The number of imidazole rings is 1. The van der Waals surface area contributed by atoms with E-state index in [9.17, 15) is 9.59 Å². The number of fused-ring (bicyclic) bond motifs is 1. The predicted octanol–water partition coefficient (Wildman–Crippen LogP) is 0.857. The van der Waals surface area contributed by atoms with Crippen molar-refractivity contribution in [2.45, 2.75) is 38.1 Å². The van der Waals surface area contributed by atoms with Gasteiger partial charge in [-0.3, -0.25) is 20.0 Å². The zero-order chi connectivity index (χ0) is 29.5. The largest absolute Gasteiger partial charge is 1.00 e. The van der Waals surface area contributed by atoms with Crippen LogP contribution >= 0.6 is 0 Å². The fraction of sp³-hybridized carbons (Fsp3) is 0.281.